The highest BCUT2D eigenvalue weighted by molar-refractivity contribution is 7.99. The number of carbonyl (C=O) groups excluding carboxylic acids is 2. The fraction of sp³-hybridized carbons (Fsp3) is 0.385. The van der Waals surface area contributed by atoms with Gasteiger partial charge in [-0.1, -0.05) is 11.6 Å². The number of nitrogens with one attached hydrogen (secondary N) is 1. The van der Waals surface area contributed by atoms with Crippen molar-refractivity contribution >= 4 is 41.0 Å². The van der Waals surface area contributed by atoms with Gasteiger partial charge in [0.25, 0.3) is 5.91 Å². The summed E-state index contributed by atoms with van der Waals surface area (Å²) in [4.78, 5) is 25.9. The van der Waals surface area contributed by atoms with Crippen molar-refractivity contribution in [3.63, 3.8) is 0 Å². The number of rotatable bonds is 4. The molecule has 1 aromatic rings. The minimum absolute atomic E-state index is 0.196. The zero-order chi connectivity index (χ0) is 14.9. The van der Waals surface area contributed by atoms with E-state index in [1.165, 1.54) is 16.7 Å². The molecule has 2 rings (SSSR count). The molecule has 108 valence electrons. The molecule has 1 fully saturated rings. The van der Waals surface area contributed by atoms with Gasteiger partial charge in [0.15, 0.2) is 0 Å². The molecule has 1 saturated heterocycles. The molecular weight excluding hydrogens is 298 g/mol. The van der Waals surface area contributed by atoms with E-state index in [0.29, 0.717) is 23.0 Å². The average molecular weight is 314 g/mol. The highest BCUT2D eigenvalue weighted by atomic mass is 35.5. The van der Waals surface area contributed by atoms with Crippen LogP contribution in [-0.2, 0) is 4.79 Å². The average Bonchev–Trinajstić information content (AvgIpc) is 2.55. The van der Waals surface area contributed by atoms with Gasteiger partial charge in [-0.05, 0) is 32.0 Å². The Morgan fingerprint density at radius 1 is 1.40 bits per heavy atom. The normalized spacial score (nSPS) is 17.4. The molecular formula is C13H16ClN3O2S. The van der Waals surface area contributed by atoms with E-state index in [-0.39, 0.29) is 11.9 Å². The molecule has 3 N–H and O–H groups in total. The summed E-state index contributed by atoms with van der Waals surface area (Å²) in [5.74, 6) is 0.411. The van der Waals surface area contributed by atoms with Gasteiger partial charge in [-0.15, -0.1) is 11.8 Å². The van der Waals surface area contributed by atoms with E-state index in [4.69, 9.17) is 17.3 Å². The van der Waals surface area contributed by atoms with Gasteiger partial charge in [0.2, 0.25) is 0 Å². The molecule has 1 heterocycles. The molecule has 1 aliphatic heterocycles. The van der Waals surface area contributed by atoms with Crippen molar-refractivity contribution < 1.29 is 9.59 Å². The molecule has 20 heavy (non-hydrogen) atoms. The fourth-order valence-corrected chi connectivity index (χ4v) is 2.99. The Hall–Kier alpha value is -1.40. The summed E-state index contributed by atoms with van der Waals surface area (Å²) in [6, 6.07) is 5.04. The van der Waals surface area contributed by atoms with Gasteiger partial charge in [0.05, 0.1) is 10.7 Å². The molecule has 0 aliphatic carbocycles. The molecule has 0 radical (unpaired) electrons. The second kappa shape index (κ2) is 5.54. The number of thioether (sulfide) groups is 1. The van der Waals surface area contributed by atoms with Crippen LogP contribution in [0.25, 0.3) is 0 Å². The maximum Gasteiger partial charge on any atom is 0.325 e. The van der Waals surface area contributed by atoms with Crippen molar-refractivity contribution in [2.45, 2.75) is 24.3 Å². The van der Waals surface area contributed by atoms with Crippen LogP contribution in [0, 0.1) is 0 Å². The topological polar surface area (TPSA) is 75.4 Å². The summed E-state index contributed by atoms with van der Waals surface area (Å²) >= 11 is 7.46. The second-order valence-electron chi connectivity index (χ2n) is 5.04. The van der Waals surface area contributed by atoms with Crippen LogP contribution in [0.15, 0.2) is 23.1 Å². The lowest BCUT2D eigenvalue weighted by atomic mass is 10.1. The Bertz CT molecular complexity index is 563. The maximum atomic E-state index is 12.0. The van der Waals surface area contributed by atoms with E-state index in [1.54, 1.807) is 26.0 Å². The Labute approximate surface area is 126 Å². The van der Waals surface area contributed by atoms with Crippen molar-refractivity contribution in [1.29, 1.82) is 0 Å². The van der Waals surface area contributed by atoms with Crippen molar-refractivity contribution in [3.8, 4) is 0 Å². The van der Waals surface area contributed by atoms with Crippen LogP contribution < -0.4 is 11.1 Å². The van der Waals surface area contributed by atoms with Gasteiger partial charge in [-0.25, -0.2) is 4.79 Å². The maximum absolute atomic E-state index is 12.0. The van der Waals surface area contributed by atoms with Crippen LogP contribution in [-0.4, -0.2) is 34.7 Å². The van der Waals surface area contributed by atoms with Crippen molar-refractivity contribution in [1.82, 2.24) is 10.2 Å². The van der Waals surface area contributed by atoms with E-state index in [9.17, 15) is 9.59 Å². The van der Waals surface area contributed by atoms with E-state index in [2.05, 4.69) is 5.32 Å². The lowest BCUT2D eigenvalue weighted by Crippen LogP contribution is -2.40. The highest BCUT2D eigenvalue weighted by Crippen LogP contribution is 2.26. The number of nitrogen functional groups attached to an aromatic ring is 1. The minimum Gasteiger partial charge on any atom is -0.398 e. The molecule has 3 amide bonds. The summed E-state index contributed by atoms with van der Waals surface area (Å²) in [7, 11) is 0. The molecule has 7 heteroatoms. The van der Waals surface area contributed by atoms with Crippen LogP contribution in [0.5, 0.6) is 0 Å². The summed E-state index contributed by atoms with van der Waals surface area (Å²) in [5, 5.41) is 3.15. The van der Waals surface area contributed by atoms with Gasteiger partial charge >= 0.3 is 6.03 Å². The van der Waals surface area contributed by atoms with E-state index < -0.39 is 5.54 Å². The lowest BCUT2D eigenvalue weighted by Gasteiger charge is -2.15. The lowest BCUT2D eigenvalue weighted by molar-refractivity contribution is -0.130. The smallest absolute Gasteiger partial charge is 0.325 e. The Morgan fingerprint density at radius 3 is 2.65 bits per heavy atom. The van der Waals surface area contributed by atoms with E-state index in [1.807, 2.05) is 6.07 Å². The van der Waals surface area contributed by atoms with Crippen LogP contribution in [0.2, 0.25) is 5.02 Å². The molecule has 0 spiro atoms. The first-order valence-corrected chi connectivity index (χ1v) is 7.49. The molecule has 1 aliphatic rings. The first-order valence-electron chi connectivity index (χ1n) is 6.13. The predicted molar refractivity (Wildman–Crippen MR) is 80.9 cm³/mol. The number of nitrogens with two attached hydrogens (primary N) is 1. The SMILES string of the molecule is CC1(C)NC(=O)N(CCSc2ccc(N)c(Cl)c2)C1=O. The number of amides is 3. The van der Waals surface area contributed by atoms with Crippen LogP contribution >= 0.6 is 23.4 Å². The summed E-state index contributed by atoms with van der Waals surface area (Å²) in [6.45, 7) is 3.75. The molecule has 0 aromatic heterocycles. The molecule has 5 nitrogen and oxygen atoms in total. The minimum atomic E-state index is -0.813. The summed E-state index contributed by atoms with van der Waals surface area (Å²) in [5.41, 5.74) is 5.36. The number of imide groups is 1. The van der Waals surface area contributed by atoms with Crippen molar-refractivity contribution in [2.24, 2.45) is 0 Å². The second-order valence-corrected chi connectivity index (χ2v) is 6.62. The zero-order valence-electron chi connectivity index (χ0n) is 11.3. The molecule has 0 saturated carbocycles. The van der Waals surface area contributed by atoms with E-state index >= 15 is 0 Å². The molecule has 0 atom stereocenters. The quantitative estimate of drug-likeness (QED) is 0.508. The number of urea groups is 1. The van der Waals surface area contributed by atoms with Crippen molar-refractivity contribution in [2.75, 3.05) is 18.0 Å². The number of halogens is 1. The van der Waals surface area contributed by atoms with Crippen LogP contribution in [0.3, 0.4) is 0 Å². The Kier molecular flexibility index (Phi) is 4.15. The Balaban J connectivity index is 1.92. The van der Waals surface area contributed by atoms with Crippen LogP contribution in [0.1, 0.15) is 13.8 Å². The number of benzene rings is 1. The standard InChI is InChI=1S/C13H16ClN3O2S/c1-13(2)11(18)17(12(19)16-13)5-6-20-8-3-4-10(15)9(14)7-8/h3-4,7H,5-6,15H2,1-2H3,(H,16,19). The number of hydrogen-bond acceptors (Lipinski definition) is 4. The molecule has 1 aromatic carbocycles. The number of carbonyl (C=O) groups is 2. The monoisotopic (exact) mass is 313 g/mol. The van der Waals surface area contributed by atoms with Gasteiger partial charge in [0.1, 0.15) is 5.54 Å². The van der Waals surface area contributed by atoms with E-state index in [0.717, 1.165) is 4.90 Å². The molecule has 0 bridgehead atoms. The number of hydrogen-bond donors (Lipinski definition) is 2. The largest absolute Gasteiger partial charge is 0.398 e. The van der Waals surface area contributed by atoms with Gasteiger partial charge in [-0.3, -0.25) is 9.69 Å². The van der Waals surface area contributed by atoms with Crippen LogP contribution in [0.4, 0.5) is 10.5 Å². The number of nitrogens with zero attached hydrogens (tertiary/aromatic N) is 1. The highest BCUT2D eigenvalue weighted by Gasteiger charge is 2.43. The third-order valence-electron chi connectivity index (χ3n) is 3.00. The van der Waals surface area contributed by atoms with Gasteiger partial charge in [0, 0.05) is 17.2 Å². The van der Waals surface area contributed by atoms with Crippen molar-refractivity contribution in [3.05, 3.63) is 23.2 Å². The first kappa shape index (κ1) is 15.0. The Morgan fingerprint density at radius 2 is 2.10 bits per heavy atom. The summed E-state index contributed by atoms with van der Waals surface area (Å²) in [6.07, 6.45) is 0. The first-order chi connectivity index (χ1) is 9.31. The number of anilines is 1. The van der Waals surface area contributed by atoms with Gasteiger partial charge in [-0.2, -0.15) is 0 Å². The third-order valence-corrected chi connectivity index (χ3v) is 4.30. The summed E-state index contributed by atoms with van der Waals surface area (Å²) < 4.78 is 0. The van der Waals surface area contributed by atoms with Gasteiger partial charge < -0.3 is 11.1 Å². The fourth-order valence-electron chi connectivity index (χ4n) is 1.87. The zero-order valence-corrected chi connectivity index (χ0v) is 12.8. The predicted octanol–water partition coefficient (Wildman–Crippen LogP) is 2.34. The third kappa shape index (κ3) is 3.02. The molecule has 0 unspecified atom stereocenters.